The van der Waals surface area contributed by atoms with Gasteiger partial charge in [0.2, 0.25) is 0 Å². The Hall–Kier alpha value is -2.37. The second kappa shape index (κ2) is 10.9. The van der Waals surface area contributed by atoms with Crippen molar-refractivity contribution < 1.29 is 14.3 Å². The summed E-state index contributed by atoms with van der Waals surface area (Å²) in [6.07, 6.45) is 10.1. The maximum Gasteiger partial charge on any atom is 0.194 e. The maximum absolute atomic E-state index is 13.7. The van der Waals surface area contributed by atoms with Crippen molar-refractivity contribution in [2.45, 2.75) is 57.3 Å². The molecule has 5 heteroatoms. The molecule has 0 atom stereocenters. The summed E-state index contributed by atoms with van der Waals surface area (Å²) < 4.78 is 12.6. The monoisotopic (exact) mass is 477 g/mol. The van der Waals surface area contributed by atoms with Crippen LogP contribution < -0.4 is 9.47 Å². The third-order valence-electron chi connectivity index (χ3n) is 7.37. The minimum atomic E-state index is 0.120. The molecule has 1 saturated carbocycles. The van der Waals surface area contributed by atoms with E-state index in [1.807, 2.05) is 30.3 Å². The molecule has 2 aromatic carbocycles. The lowest BCUT2D eigenvalue weighted by Crippen LogP contribution is -2.29. The number of likely N-dealkylation sites (tertiary alicyclic amines) is 1. The van der Waals surface area contributed by atoms with Crippen LogP contribution in [0, 0.1) is 0 Å². The van der Waals surface area contributed by atoms with Crippen LogP contribution in [0.1, 0.15) is 78.1 Å². The van der Waals surface area contributed by atoms with Gasteiger partial charge in [-0.05, 0) is 87.2 Å². The summed E-state index contributed by atoms with van der Waals surface area (Å²) in [6.45, 7) is 4.02. The number of thiophene rings is 1. The van der Waals surface area contributed by atoms with E-state index in [-0.39, 0.29) is 5.78 Å². The molecule has 0 spiro atoms. The largest absolute Gasteiger partial charge is 0.497 e. The first kappa shape index (κ1) is 23.4. The molecule has 2 heterocycles. The highest BCUT2D eigenvalue weighted by Gasteiger charge is 2.28. The highest BCUT2D eigenvalue weighted by molar-refractivity contribution is 7.19. The Morgan fingerprint density at radius 3 is 2.35 bits per heavy atom. The summed E-state index contributed by atoms with van der Waals surface area (Å²) in [5.74, 6) is 2.29. The SMILES string of the molecule is COc1ccc2c(C(=O)c3ccc(OCCN4CCCCCC4)cc3)c(C3CCCC3)sc2c1. The summed E-state index contributed by atoms with van der Waals surface area (Å²) in [4.78, 5) is 17.5. The van der Waals surface area contributed by atoms with Crippen molar-refractivity contribution in [3.8, 4) is 11.5 Å². The Labute approximate surface area is 206 Å². The van der Waals surface area contributed by atoms with E-state index < -0.39 is 0 Å². The van der Waals surface area contributed by atoms with E-state index >= 15 is 0 Å². The Morgan fingerprint density at radius 1 is 0.941 bits per heavy atom. The first-order valence-corrected chi connectivity index (χ1v) is 13.6. The maximum atomic E-state index is 13.7. The Morgan fingerprint density at radius 2 is 1.65 bits per heavy atom. The molecule has 1 saturated heterocycles. The summed E-state index contributed by atoms with van der Waals surface area (Å²) >= 11 is 1.77. The number of nitrogens with zero attached hydrogens (tertiary/aromatic N) is 1. The fourth-order valence-corrected chi connectivity index (χ4v) is 6.83. The van der Waals surface area contributed by atoms with Crippen molar-refractivity contribution in [3.63, 3.8) is 0 Å². The topological polar surface area (TPSA) is 38.8 Å². The van der Waals surface area contributed by atoms with Crippen molar-refractivity contribution in [2.75, 3.05) is 33.4 Å². The van der Waals surface area contributed by atoms with Crippen molar-refractivity contribution in [3.05, 3.63) is 58.5 Å². The number of rotatable bonds is 8. The highest BCUT2D eigenvalue weighted by Crippen LogP contribution is 2.44. The minimum absolute atomic E-state index is 0.120. The molecule has 2 fully saturated rings. The molecular formula is C29H35NO3S. The van der Waals surface area contributed by atoms with Crippen LogP contribution in [0.15, 0.2) is 42.5 Å². The van der Waals surface area contributed by atoms with Crippen LogP contribution in [-0.4, -0.2) is 44.0 Å². The predicted molar refractivity (Wildman–Crippen MR) is 140 cm³/mol. The average Bonchev–Trinajstić information content (AvgIpc) is 3.45. The van der Waals surface area contributed by atoms with E-state index in [0.29, 0.717) is 12.5 Å². The number of hydrogen-bond acceptors (Lipinski definition) is 5. The third kappa shape index (κ3) is 5.16. The van der Waals surface area contributed by atoms with Gasteiger partial charge in [0.25, 0.3) is 0 Å². The third-order valence-corrected chi connectivity index (χ3v) is 8.68. The zero-order valence-electron chi connectivity index (χ0n) is 20.2. The van der Waals surface area contributed by atoms with Crippen molar-refractivity contribution in [1.29, 1.82) is 0 Å². The second-order valence-corrected chi connectivity index (χ2v) is 10.7. The molecule has 4 nitrogen and oxygen atoms in total. The van der Waals surface area contributed by atoms with Crippen LogP contribution in [0.3, 0.4) is 0 Å². The molecule has 1 aliphatic carbocycles. The van der Waals surface area contributed by atoms with Crippen LogP contribution in [0.5, 0.6) is 11.5 Å². The van der Waals surface area contributed by atoms with Crippen LogP contribution in [0.4, 0.5) is 0 Å². The number of fused-ring (bicyclic) bond motifs is 1. The molecule has 0 N–H and O–H groups in total. The standard InChI is InChI=1S/C29H35NO3S/c1-32-24-14-15-25-26(20-24)34-29(22-8-4-5-9-22)27(25)28(31)21-10-12-23(13-11-21)33-19-18-30-16-6-2-3-7-17-30/h10-15,20,22H,2-9,16-19H2,1H3. The van der Waals surface area contributed by atoms with Gasteiger partial charge in [0.1, 0.15) is 18.1 Å². The molecule has 0 unspecified atom stereocenters. The number of hydrogen-bond donors (Lipinski definition) is 0. The minimum Gasteiger partial charge on any atom is -0.497 e. The summed E-state index contributed by atoms with van der Waals surface area (Å²) in [6, 6.07) is 13.8. The number of carbonyl (C=O) groups excluding carboxylic acids is 1. The Balaban J connectivity index is 1.32. The molecule has 0 radical (unpaired) electrons. The Kier molecular flexibility index (Phi) is 7.51. The van der Waals surface area contributed by atoms with Gasteiger partial charge < -0.3 is 9.47 Å². The van der Waals surface area contributed by atoms with Crippen molar-refractivity contribution in [1.82, 2.24) is 4.90 Å². The smallest absolute Gasteiger partial charge is 0.194 e. The molecule has 5 rings (SSSR count). The van der Waals surface area contributed by atoms with Crippen molar-refractivity contribution >= 4 is 27.2 Å². The lowest BCUT2D eigenvalue weighted by molar-refractivity contribution is 0.103. The summed E-state index contributed by atoms with van der Waals surface area (Å²) in [7, 11) is 1.69. The molecule has 0 amide bonds. The van der Waals surface area contributed by atoms with E-state index in [0.717, 1.165) is 39.3 Å². The van der Waals surface area contributed by atoms with Crippen molar-refractivity contribution in [2.24, 2.45) is 0 Å². The number of ketones is 1. The zero-order valence-corrected chi connectivity index (χ0v) is 21.0. The average molecular weight is 478 g/mol. The van der Waals surface area contributed by atoms with E-state index in [4.69, 9.17) is 9.47 Å². The molecule has 2 aliphatic rings. The zero-order chi connectivity index (χ0) is 23.3. The predicted octanol–water partition coefficient (Wildman–Crippen LogP) is 7.05. The summed E-state index contributed by atoms with van der Waals surface area (Å²) in [5, 5.41) is 1.05. The van der Waals surface area contributed by atoms with E-state index in [9.17, 15) is 4.79 Å². The molecule has 1 aromatic heterocycles. The fourth-order valence-electron chi connectivity index (χ4n) is 5.43. The van der Waals surface area contributed by atoms with Gasteiger partial charge in [-0.3, -0.25) is 9.69 Å². The molecule has 3 aromatic rings. The molecule has 1 aliphatic heterocycles. The van der Waals surface area contributed by atoms with E-state index in [2.05, 4.69) is 17.0 Å². The lowest BCUT2D eigenvalue weighted by atomic mass is 9.94. The van der Waals surface area contributed by atoms with Crippen LogP contribution in [0.25, 0.3) is 10.1 Å². The molecular weight excluding hydrogens is 442 g/mol. The Bertz CT molecular complexity index is 1110. The highest BCUT2D eigenvalue weighted by atomic mass is 32.1. The lowest BCUT2D eigenvalue weighted by Gasteiger charge is -2.19. The van der Waals surface area contributed by atoms with Crippen LogP contribution in [-0.2, 0) is 0 Å². The van der Waals surface area contributed by atoms with Gasteiger partial charge in [0.05, 0.1) is 7.11 Å². The second-order valence-electron chi connectivity index (χ2n) is 9.64. The van der Waals surface area contributed by atoms with Gasteiger partial charge >= 0.3 is 0 Å². The van der Waals surface area contributed by atoms with Crippen LogP contribution >= 0.6 is 11.3 Å². The van der Waals surface area contributed by atoms with Gasteiger partial charge in [-0.1, -0.05) is 25.7 Å². The quantitative estimate of drug-likeness (QED) is 0.326. The molecule has 34 heavy (non-hydrogen) atoms. The summed E-state index contributed by atoms with van der Waals surface area (Å²) in [5.41, 5.74) is 1.62. The van der Waals surface area contributed by atoms with Gasteiger partial charge in [0, 0.05) is 32.6 Å². The van der Waals surface area contributed by atoms with Gasteiger partial charge in [0.15, 0.2) is 5.78 Å². The number of carbonyl (C=O) groups is 1. The first-order valence-electron chi connectivity index (χ1n) is 12.8. The van der Waals surface area contributed by atoms with Gasteiger partial charge in [-0.15, -0.1) is 11.3 Å². The molecule has 0 bridgehead atoms. The van der Waals surface area contributed by atoms with Crippen LogP contribution in [0.2, 0.25) is 0 Å². The first-order chi connectivity index (χ1) is 16.7. The number of benzene rings is 2. The number of ether oxygens (including phenoxy) is 2. The number of methoxy groups -OCH3 is 1. The van der Waals surface area contributed by atoms with E-state index in [1.54, 1.807) is 18.4 Å². The van der Waals surface area contributed by atoms with Gasteiger partial charge in [-0.25, -0.2) is 0 Å². The fraction of sp³-hybridized carbons (Fsp3) is 0.483. The molecule has 180 valence electrons. The van der Waals surface area contributed by atoms with E-state index in [1.165, 1.54) is 69.3 Å². The van der Waals surface area contributed by atoms with Gasteiger partial charge in [-0.2, -0.15) is 0 Å². The normalized spacial score (nSPS) is 17.7.